The van der Waals surface area contributed by atoms with Crippen molar-refractivity contribution in [2.24, 2.45) is 0 Å². The lowest BCUT2D eigenvalue weighted by Gasteiger charge is -2.10. The molecular weight excluding hydrogens is 388 g/mol. The van der Waals surface area contributed by atoms with Gasteiger partial charge in [0.25, 0.3) is 0 Å². The molecule has 7 nitrogen and oxygen atoms in total. The van der Waals surface area contributed by atoms with Crippen LogP contribution in [0.2, 0.25) is 0 Å². The van der Waals surface area contributed by atoms with E-state index in [0.29, 0.717) is 28.9 Å². The Labute approximate surface area is 172 Å². The quantitative estimate of drug-likeness (QED) is 0.333. The van der Waals surface area contributed by atoms with Gasteiger partial charge >= 0.3 is 11.9 Å². The zero-order valence-electron chi connectivity index (χ0n) is 16.3. The van der Waals surface area contributed by atoms with Crippen LogP contribution in [0.5, 0.6) is 23.0 Å². The molecule has 0 heterocycles. The summed E-state index contributed by atoms with van der Waals surface area (Å²) in [7, 11) is 3.05. The number of hydrogen-bond donors (Lipinski definition) is 0. The first-order valence-corrected chi connectivity index (χ1v) is 8.85. The zero-order valence-corrected chi connectivity index (χ0v) is 16.3. The minimum absolute atomic E-state index is 0.0510. The summed E-state index contributed by atoms with van der Waals surface area (Å²) in [6.07, 6.45) is 0.515. The molecule has 0 bridgehead atoms. The van der Waals surface area contributed by atoms with Gasteiger partial charge in [-0.15, -0.1) is 0 Å². The van der Waals surface area contributed by atoms with Crippen LogP contribution >= 0.6 is 0 Å². The Morgan fingerprint density at radius 3 is 1.60 bits per heavy atom. The van der Waals surface area contributed by atoms with Gasteiger partial charge in [0.2, 0.25) is 0 Å². The Balaban J connectivity index is 1.72. The van der Waals surface area contributed by atoms with E-state index in [4.69, 9.17) is 18.9 Å². The van der Waals surface area contributed by atoms with Gasteiger partial charge in [-0.1, -0.05) is 0 Å². The van der Waals surface area contributed by atoms with Gasteiger partial charge in [0, 0.05) is 0 Å². The van der Waals surface area contributed by atoms with E-state index in [-0.39, 0.29) is 17.1 Å². The second kappa shape index (κ2) is 9.38. The van der Waals surface area contributed by atoms with Crippen LogP contribution in [0.25, 0.3) is 0 Å². The second-order valence-corrected chi connectivity index (χ2v) is 6.05. The predicted molar refractivity (Wildman–Crippen MR) is 108 cm³/mol. The number of rotatable bonds is 7. The second-order valence-electron chi connectivity index (χ2n) is 6.05. The fourth-order valence-corrected chi connectivity index (χ4v) is 2.55. The molecule has 0 N–H and O–H groups in total. The Bertz CT molecular complexity index is 1050. The Morgan fingerprint density at radius 1 is 0.667 bits per heavy atom. The van der Waals surface area contributed by atoms with Crippen LogP contribution in [0.15, 0.2) is 66.7 Å². The van der Waals surface area contributed by atoms with Crippen LogP contribution in [0.1, 0.15) is 31.1 Å². The van der Waals surface area contributed by atoms with Crippen molar-refractivity contribution in [3.05, 3.63) is 83.4 Å². The zero-order chi connectivity index (χ0) is 21.5. The maximum atomic E-state index is 12.3. The molecule has 152 valence electrons. The van der Waals surface area contributed by atoms with Gasteiger partial charge in [0.1, 0.15) is 23.0 Å². The lowest BCUT2D eigenvalue weighted by molar-refractivity contribution is 0.0717. The molecule has 3 aromatic rings. The molecule has 0 radical (unpaired) electrons. The van der Waals surface area contributed by atoms with Gasteiger partial charge in [0.15, 0.2) is 6.29 Å². The average molecular weight is 406 g/mol. The van der Waals surface area contributed by atoms with Gasteiger partial charge in [0.05, 0.1) is 30.9 Å². The van der Waals surface area contributed by atoms with E-state index in [0.717, 1.165) is 0 Å². The molecule has 0 amide bonds. The van der Waals surface area contributed by atoms with E-state index in [9.17, 15) is 14.4 Å². The molecule has 0 unspecified atom stereocenters. The molecule has 0 aromatic heterocycles. The Hall–Kier alpha value is -4.13. The summed E-state index contributed by atoms with van der Waals surface area (Å²) in [6, 6.07) is 16.9. The van der Waals surface area contributed by atoms with Crippen molar-refractivity contribution < 1.29 is 33.3 Å². The molecule has 30 heavy (non-hydrogen) atoms. The highest BCUT2D eigenvalue weighted by molar-refractivity contribution is 5.93. The molecule has 0 saturated carbocycles. The number of esters is 2. The topological polar surface area (TPSA) is 88.1 Å². The van der Waals surface area contributed by atoms with Crippen molar-refractivity contribution in [1.82, 2.24) is 0 Å². The minimum Gasteiger partial charge on any atom is -0.497 e. The van der Waals surface area contributed by atoms with E-state index in [2.05, 4.69) is 0 Å². The standard InChI is InChI=1S/C23H18O7/c1-27-18-7-3-15(4-8-18)22(25)29-20-11-12-21(17(13-20)14-24)30-23(26)16-5-9-19(28-2)10-6-16/h3-14H,1-2H3. The predicted octanol–water partition coefficient (Wildman–Crippen LogP) is 3.95. The van der Waals surface area contributed by atoms with Gasteiger partial charge in [-0.3, -0.25) is 4.79 Å². The third-order valence-corrected chi connectivity index (χ3v) is 4.17. The summed E-state index contributed by atoms with van der Waals surface area (Å²) in [5.74, 6) is 0.166. The van der Waals surface area contributed by atoms with Crippen LogP contribution in [-0.2, 0) is 0 Å². The molecule has 3 aromatic carbocycles. The summed E-state index contributed by atoms with van der Waals surface area (Å²) in [5.41, 5.74) is 0.679. The van der Waals surface area contributed by atoms with Gasteiger partial charge in [-0.2, -0.15) is 0 Å². The maximum absolute atomic E-state index is 12.3. The van der Waals surface area contributed by atoms with Crippen molar-refractivity contribution in [3.63, 3.8) is 0 Å². The smallest absolute Gasteiger partial charge is 0.343 e. The van der Waals surface area contributed by atoms with E-state index in [1.807, 2.05) is 0 Å². The molecular formula is C23H18O7. The molecule has 7 heteroatoms. The highest BCUT2D eigenvalue weighted by Crippen LogP contribution is 2.25. The van der Waals surface area contributed by atoms with Gasteiger partial charge in [-0.25, -0.2) is 9.59 Å². The fourth-order valence-electron chi connectivity index (χ4n) is 2.55. The monoisotopic (exact) mass is 406 g/mol. The molecule has 0 saturated heterocycles. The SMILES string of the molecule is COc1ccc(C(=O)Oc2ccc(OC(=O)c3ccc(OC)cc3)c(C=O)c2)cc1. The number of carbonyl (C=O) groups is 3. The number of benzene rings is 3. The minimum atomic E-state index is -0.635. The number of aldehydes is 1. The summed E-state index contributed by atoms with van der Waals surface area (Å²) in [5, 5.41) is 0. The average Bonchev–Trinajstić information content (AvgIpc) is 2.80. The van der Waals surface area contributed by atoms with E-state index in [1.165, 1.54) is 32.4 Å². The summed E-state index contributed by atoms with van der Waals surface area (Å²) in [4.78, 5) is 36.0. The lowest BCUT2D eigenvalue weighted by atomic mass is 10.2. The van der Waals surface area contributed by atoms with Crippen LogP contribution < -0.4 is 18.9 Å². The van der Waals surface area contributed by atoms with Crippen LogP contribution in [0, 0.1) is 0 Å². The number of carbonyl (C=O) groups excluding carboxylic acids is 3. The van der Waals surface area contributed by atoms with E-state index >= 15 is 0 Å². The molecule has 0 fully saturated rings. The summed E-state index contributed by atoms with van der Waals surface area (Å²) < 4.78 is 20.7. The fraction of sp³-hybridized carbons (Fsp3) is 0.0870. The maximum Gasteiger partial charge on any atom is 0.343 e. The number of ether oxygens (including phenoxy) is 4. The molecule has 0 spiro atoms. The first kappa shape index (κ1) is 20.6. The highest BCUT2D eigenvalue weighted by atomic mass is 16.5. The number of hydrogen-bond acceptors (Lipinski definition) is 7. The molecule has 0 aliphatic rings. The molecule has 3 rings (SSSR count). The van der Waals surface area contributed by atoms with E-state index < -0.39 is 11.9 Å². The van der Waals surface area contributed by atoms with Crippen molar-refractivity contribution in [1.29, 1.82) is 0 Å². The van der Waals surface area contributed by atoms with Crippen molar-refractivity contribution in [2.75, 3.05) is 14.2 Å². The van der Waals surface area contributed by atoms with E-state index in [1.54, 1.807) is 48.5 Å². The lowest BCUT2D eigenvalue weighted by Crippen LogP contribution is -2.11. The highest BCUT2D eigenvalue weighted by Gasteiger charge is 2.15. The van der Waals surface area contributed by atoms with Crippen LogP contribution in [0.4, 0.5) is 0 Å². The van der Waals surface area contributed by atoms with Gasteiger partial charge in [-0.05, 0) is 66.7 Å². The molecule has 0 atom stereocenters. The summed E-state index contributed by atoms with van der Waals surface area (Å²) >= 11 is 0. The van der Waals surface area contributed by atoms with Crippen LogP contribution in [0.3, 0.4) is 0 Å². The van der Waals surface area contributed by atoms with Crippen LogP contribution in [-0.4, -0.2) is 32.4 Å². The third kappa shape index (κ3) is 4.82. The largest absolute Gasteiger partial charge is 0.497 e. The molecule has 0 aliphatic heterocycles. The van der Waals surface area contributed by atoms with Crippen molar-refractivity contribution in [3.8, 4) is 23.0 Å². The van der Waals surface area contributed by atoms with Gasteiger partial charge < -0.3 is 18.9 Å². The number of methoxy groups -OCH3 is 2. The Morgan fingerprint density at radius 2 is 1.13 bits per heavy atom. The molecule has 0 aliphatic carbocycles. The Kier molecular flexibility index (Phi) is 6.44. The first-order valence-electron chi connectivity index (χ1n) is 8.85. The first-order chi connectivity index (χ1) is 14.5. The summed E-state index contributed by atoms with van der Waals surface area (Å²) in [6.45, 7) is 0. The normalized spacial score (nSPS) is 10.1. The van der Waals surface area contributed by atoms with Crippen molar-refractivity contribution in [2.45, 2.75) is 0 Å². The van der Waals surface area contributed by atoms with Crippen molar-refractivity contribution >= 4 is 18.2 Å². The third-order valence-electron chi connectivity index (χ3n) is 4.17.